The lowest BCUT2D eigenvalue weighted by Crippen LogP contribution is -2.00. The monoisotopic (exact) mass is 222 g/mol. The van der Waals surface area contributed by atoms with Gasteiger partial charge in [-0.1, -0.05) is 54.6 Å². The minimum Gasteiger partial charge on any atom is -0.234 e. The number of rotatable bonds is 3. The van der Waals surface area contributed by atoms with Crippen LogP contribution in [0.2, 0.25) is 0 Å². The molecule has 1 nitrogen and oxygen atoms in total. The summed E-state index contributed by atoms with van der Waals surface area (Å²) in [4.78, 5) is 10.7. The second-order valence-electron chi connectivity index (χ2n) is 4.03. The molecule has 2 rings (SSSR count). The van der Waals surface area contributed by atoms with Crippen LogP contribution in [0.15, 0.2) is 60.7 Å². The van der Waals surface area contributed by atoms with Gasteiger partial charge < -0.3 is 0 Å². The van der Waals surface area contributed by atoms with Gasteiger partial charge in [-0.05, 0) is 23.6 Å². The fraction of sp³-hybridized carbons (Fsp3) is 0.125. The van der Waals surface area contributed by atoms with Gasteiger partial charge in [0.1, 0.15) is 5.94 Å². The third kappa shape index (κ3) is 2.52. The van der Waals surface area contributed by atoms with Crippen molar-refractivity contribution in [1.29, 1.82) is 0 Å². The van der Waals surface area contributed by atoms with Gasteiger partial charge in [-0.3, -0.25) is 0 Å². The fourth-order valence-corrected chi connectivity index (χ4v) is 2.03. The molecule has 2 aromatic carbocycles. The molecule has 1 unspecified atom stereocenters. The van der Waals surface area contributed by atoms with E-state index in [0.29, 0.717) is 0 Å². The molecular weight excluding hydrogens is 208 g/mol. The molecule has 0 saturated heterocycles. The molecule has 0 spiro atoms. The molecule has 2 aromatic rings. The Labute approximate surface area is 101 Å². The average Bonchev–Trinajstić information content (AvgIpc) is 2.38. The summed E-state index contributed by atoms with van der Waals surface area (Å²) >= 11 is 0. The maximum Gasteiger partial charge on any atom is 0.121 e. The zero-order valence-corrected chi connectivity index (χ0v) is 9.76. The standard InChI is InChI=1S/C16H14O/c1-13-7-5-6-10-15(13)16(11-12-17)14-8-3-2-4-9-14/h2-11,16H,1H3. The molecule has 0 aliphatic heterocycles. The van der Waals surface area contributed by atoms with Crippen molar-refractivity contribution in [2.75, 3.05) is 0 Å². The molecule has 1 atom stereocenters. The van der Waals surface area contributed by atoms with E-state index in [-0.39, 0.29) is 5.92 Å². The molecule has 0 saturated carbocycles. The van der Waals surface area contributed by atoms with Crippen LogP contribution >= 0.6 is 0 Å². The molecule has 0 fully saturated rings. The minimum atomic E-state index is -0.00472. The van der Waals surface area contributed by atoms with Crippen LogP contribution in [0, 0.1) is 6.92 Å². The van der Waals surface area contributed by atoms with Crippen molar-refractivity contribution < 1.29 is 4.79 Å². The highest BCUT2D eigenvalue weighted by atomic mass is 16.1. The molecule has 0 aromatic heterocycles. The average molecular weight is 222 g/mol. The normalized spacial score (nSPS) is 11.6. The number of hydrogen-bond acceptors (Lipinski definition) is 1. The minimum absolute atomic E-state index is 0.00472. The lowest BCUT2D eigenvalue weighted by atomic mass is 9.89. The van der Waals surface area contributed by atoms with Crippen LogP contribution in [0.4, 0.5) is 0 Å². The number of aryl methyl sites for hydroxylation is 1. The van der Waals surface area contributed by atoms with Crippen molar-refractivity contribution in [2.45, 2.75) is 12.8 Å². The third-order valence-corrected chi connectivity index (χ3v) is 2.92. The lowest BCUT2D eigenvalue weighted by Gasteiger charge is -2.14. The summed E-state index contributed by atoms with van der Waals surface area (Å²) in [5, 5.41) is 0. The first-order valence-corrected chi connectivity index (χ1v) is 5.64. The number of carbonyl (C=O) groups excluding carboxylic acids is 1. The Hall–Kier alpha value is -2.11. The van der Waals surface area contributed by atoms with E-state index in [1.54, 1.807) is 6.08 Å². The first kappa shape index (κ1) is 11.4. The number of allylic oxidation sites excluding steroid dienone is 1. The molecule has 0 aliphatic rings. The summed E-state index contributed by atoms with van der Waals surface area (Å²) in [5.74, 6) is 1.91. The number of benzene rings is 2. The van der Waals surface area contributed by atoms with E-state index in [9.17, 15) is 4.79 Å². The molecule has 0 amide bonds. The number of hydrogen-bond donors (Lipinski definition) is 0. The summed E-state index contributed by atoms with van der Waals surface area (Å²) in [5.41, 5.74) is 3.46. The first-order valence-electron chi connectivity index (χ1n) is 5.64. The van der Waals surface area contributed by atoms with Crippen molar-refractivity contribution in [3.8, 4) is 0 Å². The quantitative estimate of drug-likeness (QED) is 0.726. The van der Waals surface area contributed by atoms with Crippen LogP contribution in [0.1, 0.15) is 22.6 Å². The Morgan fingerprint density at radius 2 is 1.65 bits per heavy atom. The molecular formula is C16H14O. The van der Waals surface area contributed by atoms with Crippen LogP contribution in [0.5, 0.6) is 0 Å². The summed E-state index contributed by atoms with van der Waals surface area (Å²) < 4.78 is 0. The molecule has 0 heterocycles. The highest BCUT2D eigenvalue weighted by Crippen LogP contribution is 2.27. The predicted molar refractivity (Wildman–Crippen MR) is 69.7 cm³/mol. The SMILES string of the molecule is Cc1ccccc1C(C=C=O)c1ccccc1. The fourth-order valence-electron chi connectivity index (χ4n) is 2.03. The summed E-state index contributed by atoms with van der Waals surface area (Å²) in [6.07, 6.45) is 1.58. The zero-order chi connectivity index (χ0) is 12.1. The van der Waals surface area contributed by atoms with E-state index in [0.717, 1.165) is 11.1 Å². The molecule has 17 heavy (non-hydrogen) atoms. The van der Waals surface area contributed by atoms with Gasteiger partial charge in [-0.2, -0.15) is 0 Å². The van der Waals surface area contributed by atoms with Crippen molar-refractivity contribution in [3.63, 3.8) is 0 Å². The predicted octanol–water partition coefficient (Wildman–Crippen LogP) is 3.51. The lowest BCUT2D eigenvalue weighted by molar-refractivity contribution is 0.568. The van der Waals surface area contributed by atoms with Crippen molar-refractivity contribution in [2.24, 2.45) is 0 Å². The van der Waals surface area contributed by atoms with Crippen LogP contribution in [-0.4, -0.2) is 5.94 Å². The Kier molecular flexibility index (Phi) is 3.54. The largest absolute Gasteiger partial charge is 0.234 e. The maximum absolute atomic E-state index is 10.7. The van der Waals surface area contributed by atoms with E-state index >= 15 is 0 Å². The Bertz CT molecular complexity index is 536. The summed E-state index contributed by atoms with van der Waals surface area (Å²) in [6.45, 7) is 2.06. The van der Waals surface area contributed by atoms with Gasteiger partial charge in [0, 0.05) is 12.0 Å². The first-order chi connectivity index (χ1) is 8.33. The van der Waals surface area contributed by atoms with Crippen molar-refractivity contribution in [1.82, 2.24) is 0 Å². The highest BCUT2D eigenvalue weighted by Gasteiger charge is 2.12. The second kappa shape index (κ2) is 5.29. The van der Waals surface area contributed by atoms with E-state index in [2.05, 4.69) is 19.1 Å². The molecule has 0 bridgehead atoms. The molecule has 0 aliphatic carbocycles. The van der Waals surface area contributed by atoms with Gasteiger partial charge in [-0.25, -0.2) is 4.79 Å². The van der Waals surface area contributed by atoms with Gasteiger partial charge in [0.2, 0.25) is 0 Å². The van der Waals surface area contributed by atoms with Crippen LogP contribution < -0.4 is 0 Å². The van der Waals surface area contributed by atoms with Crippen LogP contribution in [0.25, 0.3) is 0 Å². The van der Waals surface area contributed by atoms with Gasteiger partial charge in [0.25, 0.3) is 0 Å². The smallest absolute Gasteiger partial charge is 0.121 e. The zero-order valence-electron chi connectivity index (χ0n) is 9.76. The van der Waals surface area contributed by atoms with E-state index in [1.807, 2.05) is 48.4 Å². The molecule has 84 valence electrons. The van der Waals surface area contributed by atoms with Crippen molar-refractivity contribution >= 4 is 5.94 Å². The third-order valence-electron chi connectivity index (χ3n) is 2.92. The van der Waals surface area contributed by atoms with Gasteiger partial charge in [0.15, 0.2) is 0 Å². The Balaban J connectivity index is 2.51. The topological polar surface area (TPSA) is 17.1 Å². The van der Waals surface area contributed by atoms with Gasteiger partial charge in [0.05, 0.1) is 0 Å². The van der Waals surface area contributed by atoms with E-state index in [4.69, 9.17) is 0 Å². The van der Waals surface area contributed by atoms with Crippen LogP contribution in [-0.2, 0) is 4.79 Å². The van der Waals surface area contributed by atoms with E-state index < -0.39 is 0 Å². The molecule has 1 heteroatoms. The van der Waals surface area contributed by atoms with E-state index in [1.165, 1.54) is 5.56 Å². The van der Waals surface area contributed by atoms with Crippen LogP contribution in [0.3, 0.4) is 0 Å². The summed E-state index contributed by atoms with van der Waals surface area (Å²) in [6, 6.07) is 18.1. The maximum atomic E-state index is 10.7. The van der Waals surface area contributed by atoms with Gasteiger partial charge >= 0.3 is 0 Å². The summed E-state index contributed by atoms with van der Waals surface area (Å²) in [7, 11) is 0. The van der Waals surface area contributed by atoms with Crippen molar-refractivity contribution in [3.05, 3.63) is 77.4 Å². The Morgan fingerprint density at radius 1 is 1.00 bits per heavy atom. The highest BCUT2D eigenvalue weighted by molar-refractivity contribution is 5.53. The second-order valence-corrected chi connectivity index (χ2v) is 4.03. The van der Waals surface area contributed by atoms with Gasteiger partial charge in [-0.15, -0.1) is 0 Å². The molecule has 0 radical (unpaired) electrons. The Morgan fingerprint density at radius 3 is 2.29 bits per heavy atom. The molecule has 0 N–H and O–H groups in total.